The van der Waals surface area contributed by atoms with Crippen LogP contribution in [-0.4, -0.2) is 29.2 Å². The van der Waals surface area contributed by atoms with E-state index in [0.29, 0.717) is 0 Å². The summed E-state index contributed by atoms with van der Waals surface area (Å²) >= 11 is 0. The van der Waals surface area contributed by atoms with Gasteiger partial charge in [0, 0.05) is 26.1 Å². The topological polar surface area (TPSA) is 33.1 Å². The van der Waals surface area contributed by atoms with Crippen LogP contribution in [-0.2, 0) is 17.8 Å². The lowest BCUT2D eigenvalue weighted by atomic mass is 9.99. The monoisotopic (exact) mass is 206 g/mol. The zero-order chi connectivity index (χ0) is 10.8. The van der Waals surface area contributed by atoms with Gasteiger partial charge in [-0.15, -0.1) is 0 Å². The number of rotatable bonds is 1. The van der Waals surface area contributed by atoms with Crippen molar-refractivity contribution in [2.75, 3.05) is 13.7 Å². The zero-order valence-corrected chi connectivity index (χ0v) is 9.16. The van der Waals surface area contributed by atoms with Crippen LogP contribution in [0.5, 0.6) is 5.75 Å². The molecule has 3 nitrogen and oxygen atoms in total. The van der Waals surface area contributed by atoms with Crippen LogP contribution in [0.15, 0.2) is 18.2 Å². The molecule has 0 radical (unpaired) electrons. The van der Waals surface area contributed by atoms with E-state index in [9.17, 15) is 4.79 Å². The minimum absolute atomic E-state index is 0.152. The summed E-state index contributed by atoms with van der Waals surface area (Å²) in [5.74, 6) is 1.22. The Morgan fingerprint density at radius 3 is 2.93 bits per heavy atom. The Bertz CT molecular complexity index is 387. The van der Waals surface area contributed by atoms with Crippen LogP contribution in [0.1, 0.15) is 18.1 Å². The van der Waals surface area contributed by atoms with Crippen molar-refractivity contribution in [1.29, 1.82) is 0 Å². The van der Waals surface area contributed by atoms with E-state index in [-0.39, 0.29) is 5.91 Å². The fourth-order valence-electron chi connectivity index (χ4n) is 2.07. The number of hydrogen-bond donors (Lipinski definition) is 0. The molecule has 1 aromatic rings. The second kappa shape index (κ2) is 3.93. The number of benzene rings is 1. The molecule has 80 valence electrons. The SMILES string of the molecule is C[OH+]c1cccc2c1CCN(C(C)=O)C2. The third-order valence-electron chi connectivity index (χ3n) is 2.93. The van der Waals surface area contributed by atoms with Gasteiger partial charge in [0.15, 0.2) is 7.11 Å². The zero-order valence-electron chi connectivity index (χ0n) is 9.16. The fourth-order valence-corrected chi connectivity index (χ4v) is 2.07. The van der Waals surface area contributed by atoms with E-state index in [4.69, 9.17) is 0 Å². The average Bonchev–Trinajstić information content (AvgIpc) is 2.27. The van der Waals surface area contributed by atoms with Gasteiger partial charge in [-0.05, 0) is 12.0 Å². The predicted octanol–water partition coefficient (Wildman–Crippen LogP) is 1.46. The van der Waals surface area contributed by atoms with Crippen molar-refractivity contribution in [3.05, 3.63) is 29.3 Å². The van der Waals surface area contributed by atoms with Crippen molar-refractivity contribution in [2.24, 2.45) is 0 Å². The van der Waals surface area contributed by atoms with Gasteiger partial charge >= 0.3 is 0 Å². The maximum Gasteiger partial charge on any atom is 0.258 e. The first-order chi connectivity index (χ1) is 7.22. The summed E-state index contributed by atoms with van der Waals surface area (Å²) in [6.07, 6.45) is 0.919. The van der Waals surface area contributed by atoms with Gasteiger partial charge in [0.05, 0.1) is 5.56 Å². The van der Waals surface area contributed by atoms with Crippen molar-refractivity contribution in [3.63, 3.8) is 0 Å². The fraction of sp³-hybridized carbons (Fsp3) is 0.417. The molecule has 1 aliphatic heterocycles. The first-order valence-corrected chi connectivity index (χ1v) is 5.18. The molecular weight excluding hydrogens is 190 g/mol. The van der Waals surface area contributed by atoms with Gasteiger partial charge in [-0.2, -0.15) is 0 Å². The van der Waals surface area contributed by atoms with Crippen molar-refractivity contribution < 1.29 is 9.53 Å². The van der Waals surface area contributed by atoms with E-state index in [1.165, 1.54) is 11.1 Å². The highest BCUT2D eigenvalue weighted by Gasteiger charge is 2.22. The van der Waals surface area contributed by atoms with Crippen molar-refractivity contribution in [2.45, 2.75) is 19.9 Å². The quantitative estimate of drug-likeness (QED) is 0.640. The number of ether oxygens (including phenoxy) is 1. The summed E-state index contributed by atoms with van der Waals surface area (Å²) in [6.45, 7) is 3.17. The molecule has 0 aliphatic carbocycles. The summed E-state index contributed by atoms with van der Waals surface area (Å²) in [6, 6.07) is 6.12. The minimum atomic E-state index is 0.152. The Morgan fingerprint density at radius 1 is 1.47 bits per heavy atom. The number of carbonyl (C=O) groups excluding carboxylic acids is 1. The molecule has 3 heteroatoms. The maximum atomic E-state index is 11.3. The average molecular weight is 206 g/mol. The Labute approximate surface area is 89.7 Å². The van der Waals surface area contributed by atoms with E-state index in [1.54, 1.807) is 6.92 Å². The molecule has 0 spiro atoms. The predicted molar refractivity (Wildman–Crippen MR) is 58.8 cm³/mol. The van der Waals surface area contributed by atoms with Crippen LogP contribution in [0, 0.1) is 0 Å². The van der Waals surface area contributed by atoms with Crippen molar-refractivity contribution in [3.8, 4) is 5.75 Å². The molecule has 1 aliphatic rings. The van der Waals surface area contributed by atoms with Gasteiger partial charge < -0.3 is 9.64 Å². The van der Waals surface area contributed by atoms with Crippen LogP contribution in [0.25, 0.3) is 0 Å². The standard InChI is InChI=1S/C12H15NO2/c1-9(14)13-7-6-11-10(8-13)4-3-5-12(11)15-2/h3-5H,6-8H2,1-2H3/p+1. The number of fused-ring (bicyclic) bond motifs is 1. The second-order valence-corrected chi connectivity index (χ2v) is 3.83. The molecule has 0 fully saturated rings. The molecule has 1 N–H and O–H groups in total. The van der Waals surface area contributed by atoms with E-state index >= 15 is 0 Å². The van der Waals surface area contributed by atoms with Gasteiger partial charge in [0.2, 0.25) is 5.91 Å². The normalized spacial score (nSPS) is 14.7. The van der Waals surface area contributed by atoms with Crippen LogP contribution in [0.2, 0.25) is 0 Å². The number of carbonyl (C=O) groups is 1. The van der Waals surface area contributed by atoms with Gasteiger partial charge in [-0.25, -0.2) is 0 Å². The summed E-state index contributed by atoms with van der Waals surface area (Å²) in [5.41, 5.74) is 2.54. The van der Waals surface area contributed by atoms with Crippen LogP contribution >= 0.6 is 0 Å². The van der Waals surface area contributed by atoms with Crippen LogP contribution < -0.4 is 0 Å². The van der Waals surface area contributed by atoms with Gasteiger partial charge in [0.1, 0.15) is 0 Å². The summed E-state index contributed by atoms with van der Waals surface area (Å²) in [5, 5.41) is 0. The Balaban J connectivity index is 2.31. The smallest absolute Gasteiger partial charge is 0.258 e. The van der Waals surface area contributed by atoms with E-state index in [2.05, 4.69) is 10.8 Å². The van der Waals surface area contributed by atoms with Gasteiger partial charge in [-0.1, -0.05) is 12.1 Å². The molecule has 2 rings (SSSR count). The molecule has 0 atom stereocenters. The summed E-state index contributed by atoms with van der Waals surface area (Å²) < 4.78 is 4.25. The third kappa shape index (κ3) is 1.82. The molecule has 0 saturated heterocycles. The molecular formula is C12H16NO2+. The lowest BCUT2D eigenvalue weighted by Crippen LogP contribution is -2.34. The largest absolute Gasteiger partial charge is 0.584 e. The molecule has 0 saturated carbocycles. The lowest BCUT2D eigenvalue weighted by Gasteiger charge is -2.27. The highest BCUT2D eigenvalue weighted by atomic mass is 16.5. The second-order valence-electron chi connectivity index (χ2n) is 3.83. The molecule has 15 heavy (non-hydrogen) atoms. The van der Waals surface area contributed by atoms with Gasteiger partial charge in [-0.3, -0.25) is 4.79 Å². The van der Waals surface area contributed by atoms with Crippen molar-refractivity contribution in [1.82, 2.24) is 4.90 Å². The lowest BCUT2D eigenvalue weighted by molar-refractivity contribution is -0.129. The maximum absolute atomic E-state index is 11.3. The summed E-state index contributed by atoms with van der Waals surface area (Å²) in [7, 11) is 1.81. The number of amides is 1. The first kappa shape index (κ1) is 10.0. The number of aliphatic hydroxyl groups is 1. The molecule has 0 bridgehead atoms. The molecule has 1 aromatic carbocycles. The number of nitrogens with zero attached hydrogens (tertiary/aromatic N) is 1. The van der Waals surface area contributed by atoms with Crippen LogP contribution in [0.3, 0.4) is 0 Å². The number of hydrogen-bond acceptors (Lipinski definition) is 1. The van der Waals surface area contributed by atoms with E-state index < -0.39 is 0 Å². The molecule has 0 unspecified atom stereocenters. The Morgan fingerprint density at radius 2 is 2.27 bits per heavy atom. The Kier molecular flexibility index (Phi) is 2.62. The van der Waals surface area contributed by atoms with Crippen LogP contribution in [0.4, 0.5) is 0 Å². The van der Waals surface area contributed by atoms with Crippen molar-refractivity contribution >= 4 is 5.91 Å². The molecule has 1 heterocycles. The highest BCUT2D eigenvalue weighted by molar-refractivity contribution is 5.73. The Hall–Kier alpha value is -1.51. The minimum Gasteiger partial charge on any atom is -0.584 e. The first-order valence-electron chi connectivity index (χ1n) is 5.18. The molecule has 0 aromatic heterocycles. The molecule has 1 amide bonds. The third-order valence-corrected chi connectivity index (χ3v) is 2.93. The van der Waals surface area contributed by atoms with E-state index in [1.807, 2.05) is 24.1 Å². The van der Waals surface area contributed by atoms with E-state index in [0.717, 1.165) is 25.3 Å². The number of aromatic hydroxyl groups is 1. The summed E-state index contributed by atoms with van der Waals surface area (Å²) in [4.78, 5) is 13.1. The van der Waals surface area contributed by atoms with Gasteiger partial charge in [0.25, 0.3) is 5.75 Å². The highest BCUT2D eigenvalue weighted by Crippen LogP contribution is 2.27.